The normalized spacial score (nSPS) is 18.6. The number of aromatic nitrogens is 2. The smallest absolute Gasteiger partial charge is 0.293 e. The highest BCUT2D eigenvalue weighted by molar-refractivity contribution is 5.94. The van der Waals surface area contributed by atoms with E-state index in [-0.39, 0.29) is 17.5 Å². The molecule has 1 amide bonds. The van der Waals surface area contributed by atoms with Crippen molar-refractivity contribution in [2.24, 2.45) is 0 Å². The van der Waals surface area contributed by atoms with Crippen LogP contribution in [0.4, 0.5) is 0 Å². The molecule has 6 heteroatoms. The highest BCUT2D eigenvalue weighted by Gasteiger charge is 2.26. The number of H-pyrrole nitrogens is 1. The first-order valence-corrected chi connectivity index (χ1v) is 9.66. The molecule has 1 atom stereocenters. The number of likely N-dealkylation sites (tertiary alicyclic amines) is 1. The van der Waals surface area contributed by atoms with Crippen molar-refractivity contribution in [2.45, 2.75) is 31.6 Å². The van der Waals surface area contributed by atoms with E-state index in [0.717, 1.165) is 24.8 Å². The maximum absolute atomic E-state index is 12.7. The second kappa shape index (κ2) is 7.84. The minimum Gasteiger partial charge on any atom is -0.501 e. The Bertz CT molecular complexity index is 1000. The molecule has 0 spiro atoms. The number of nitrogens with one attached hydrogen (secondary N) is 1. The molecule has 1 fully saturated rings. The van der Waals surface area contributed by atoms with Crippen LogP contribution in [0.15, 0.2) is 53.4 Å². The predicted molar refractivity (Wildman–Crippen MR) is 107 cm³/mol. The van der Waals surface area contributed by atoms with E-state index < -0.39 is 11.3 Å². The molecule has 28 heavy (non-hydrogen) atoms. The molecule has 2 N–H and O–H groups in total. The van der Waals surface area contributed by atoms with Gasteiger partial charge in [0.15, 0.2) is 5.69 Å². The number of allylic oxidation sites excluding steroid dienone is 4. The summed E-state index contributed by atoms with van der Waals surface area (Å²) in [5, 5.41) is 10.1. The van der Waals surface area contributed by atoms with Crippen LogP contribution in [0, 0.1) is 0 Å². The molecule has 1 saturated heterocycles. The van der Waals surface area contributed by atoms with Crippen LogP contribution in [0.2, 0.25) is 0 Å². The molecule has 0 bridgehead atoms. The van der Waals surface area contributed by atoms with E-state index >= 15 is 0 Å². The van der Waals surface area contributed by atoms with Gasteiger partial charge in [-0.05, 0) is 30.4 Å². The number of carbonyl (C=O) groups is 1. The Kier molecular flexibility index (Phi) is 5.10. The molecule has 1 aliphatic carbocycles. The second-order valence-electron chi connectivity index (χ2n) is 7.24. The maximum atomic E-state index is 12.7. The summed E-state index contributed by atoms with van der Waals surface area (Å²) in [5.74, 6) is -0.325. The molecule has 6 nitrogen and oxygen atoms in total. The van der Waals surface area contributed by atoms with Crippen molar-refractivity contribution in [1.82, 2.24) is 14.9 Å². The molecule has 1 aromatic carbocycles. The average Bonchev–Trinajstić information content (AvgIpc) is 3.26. The molecule has 144 valence electrons. The van der Waals surface area contributed by atoms with Gasteiger partial charge < -0.3 is 15.0 Å². The van der Waals surface area contributed by atoms with E-state index in [1.807, 2.05) is 30.4 Å². The van der Waals surface area contributed by atoms with Crippen LogP contribution in [-0.4, -0.2) is 39.0 Å². The highest BCUT2D eigenvalue weighted by Crippen LogP contribution is 2.28. The van der Waals surface area contributed by atoms with Crippen LogP contribution in [0.1, 0.15) is 52.6 Å². The zero-order valence-electron chi connectivity index (χ0n) is 15.6. The third-order valence-corrected chi connectivity index (χ3v) is 5.33. The fourth-order valence-electron chi connectivity index (χ4n) is 3.87. The van der Waals surface area contributed by atoms with Crippen molar-refractivity contribution >= 4 is 5.91 Å². The first-order chi connectivity index (χ1) is 13.6. The van der Waals surface area contributed by atoms with Gasteiger partial charge in [0.2, 0.25) is 5.75 Å². The monoisotopic (exact) mass is 377 g/mol. The van der Waals surface area contributed by atoms with Crippen LogP contribution in [-0.2, 0) is 6.42 Å². The van der Waals surface area contributed by atoms with Gasteiger partial charge in [-0.3, -0.25) is 9.59 Å². The second-order valence-corrected chi connectivity index (χ2v) is 7.24. The number of hydrogen-bond donors (Lipinski definition) is 2. The number of nitrogens with zero attached hydrogens (tertiary/aromatic N) is 2. The summed E-state index contributed by atoms with van der Waals surface area (Å²) in [6.07, 6.45) is 11.5. The highest BCUT2D eigenvalue weighted by atomic mass is 16.3. The van der Waals surface area contributed by atoms with Crippen molar-refractivity contribution in [3.05, 3.63) is 81.6 Å². The molecule has 0 saturated carbocycles. The molecule has 4 rings (SSSR count). The van der Waals surface area contributed by atoms with Gasteiger partial charge in [0, 0.05) is 25.4 Å². The lowest BCUT2D eigenvalue weighted by molar-refractivity contribution is 0.0782. The topological polar surface area (TPSA) is 86.3 Å². The zero-order valence-corrected chi connectivity index (χ0v) is 15.6. The first kappa shape index (κ1) is 18.2. The molecule has 1 aliphatic heterocycles. The summed E-state index contributed by atoms with van der Waals surface area (Å²) in [6.45, 7) is 1.26. The fourth-order valence-corrected chi connectivity index (χ4v) is 3.87. The van der Waals surface area contributed by atoms with Gasteiger partial charge in [-0.15, -0.1) is 0 Å². The third kappa shape index (κ3) is 3.63. The van der Waals surface area contributed by atoms with Crippen molar-refractivity contribution in [2.75, 3.05) is 13.1 Å². The van der Waals surface area contributed by atoms with E-state index in [1.54, 1.807) is 4.90 Å². The van der Waals surface area contributed by atoms with E-state index in [4.69, 9.17) is 0 Å². The number of aromatic hydroxyl groups is 1. The number of benzene rings is 1. The minimum atomic E-state index is -0.675. The molecule has 2 aromatic rings. The summed E-state index contributed by atoms with van der Waals surface area (Å²) < 4.78 is 0. The molecular weight excluding hydrogens is 354 g/mol. The van der Waals surface area contributed by atoms with E-state index in [1.165, 1.54) is 5.56 Å². The maximum Gasteiger partial charge on any atom is 0.293 e. The van der Waals surface area contributed by atoms with Gasteiger partial charge in [-0.2, -0.15) is 0 Å². The number of hydrogen-bond acceptors (Lipinski definition) is 4. The van der Waals surface area contributed by atoms with Gasteiger partial charge >= 0.3 is 0 Å². The standard InChI is InChI=1S/C22H23N3O3/c26-20-19(22(28)25-12-6-7-13-25)23-18(24-21(20)27)14-16-10-4-5-11-17(16)15-8-2-1-3-9-15/h1-5,8,10-11,15,26H,6-7,9,12-14H2,(H,23,24,27). The molecule has 2 aliphatic rings. The summed E-state index contributed by atoms with van der Waals surface area (Å²) >= 11 is 0. The molecule has 0 radical (unpaired) electrons. The van der Waals surface area contributed by atoms with E-state index in [9.17, 15) is 14.7 Å². The summed E-state index contributed by atoms with van der Waals surface area (Å²) in [7, 11) is 0. The Morgan fingerprint density at radius 2 is 2.00 bits per heavy atom. The summed E-state index contributed by atoms with van der Waals surface area (Å²) in [4.78, 5) is 33.5. The van der Waals surface area contributed by atoms with E-state index in [2.05, 4.69) is 28.2 Å². The largest absolute Gasteiger partial charge is 0.501 e. The van der Waals surface area contributed by atoms with Crippen LogP contribution >= 0.6 is 0 Å². The molecular formula is C22H23N3O3. The Morgan fingerprint density at radius 1 is 1.21 bits per heavy atom. The Balaban J connectivity index is 1.66. The van der Waals surface area contributed by atoms with Crippen molar-refractivity contribution in [3.63, 3.8) is 0 Å². The lowest BCUT2D eigenvalue weighted by Gasteiger charge is -2.18. The van der Waals surface area contributed by atoms with E-state index in [0.29, 0.717) is 25.3 Å². The Hall–Kier alpha value is -3.15. The lowest BCUT2D eigenvalue weighted by atomic mass is 9.88. The fraction of sp³-hybridized carbons (Fsp3) is 0.318. The van der Waals surface area contributed by atoms with Gasteiger partial charge in [-0.25, -0.2) is 4.98 Å². The van der Waals surface area contributed by atoms with Gasteiger partial charge in [0.05, 0.1) is 0 Å². The number of carbonyl (C=O) groups excluding carboxylic acids is 1. The predicted octanol–water partition coefficient (Wildman–Crippen LogP) is 2.90. The first-order valence-electron chi connectivity index (χ1n) is 9.66. The van der Waals surface area contributed by atoms with Gasteiger partial charge in [0.1, 0.15) is 5.82 Å². The molecule has 2 heterocycles. The van der Waals surface area contributed by atoms with Crippen LogP contribution < -0.4 is 5.56 Å². The number of rotatable bonds is 4. The Morgan fingerprint density at radius 3 is 2.75 bits per heavy atom. The lowest BCUT2D eigenvalue weighted by Crippen LogP contribution is -2.30. The Labute approximate surface area is 163 Å². The van der Waals surface area contributed by atoms with Crippen LogP contribution in [0.3, 0.4) is 0 Å². The van der Waals surface area contributed by atoms with Crippen LogP contribution in [0.5, 0.6) is 5.75 Å². The molecule has 1 aromatic heterocycles. The SMILES string of the molecule is O=C(c1nc(Cc2ccccc2C2C=CC=CC2)[nH]c(=O)c1O)N1CCCC1. The van der Waals surface area contributed by atoms with Gasteiger partial charge in [-0.1, -0.05) is 48.6 Å². The number of amides is 1. The zero-order chi connectivity index (χ0) is 19.5. The average molecular weight is 377 g/mol. The quantitative estimate of drug-likeness (QED) is 0.858. The minimum absolute atomic E-state index is 0.154. The van der Waals surface area contributed by atoms with Crippen molar-refractivity contribution in [1.29, 1.82) is 0 Å². The van der Waals surface area contributed by atoms with Crippen LogP contribution in [0.25, 0.3) is 0 Å². The molecule has 1 unspecified atom stereocenters. The summed E-state index contributed by atoms with van der Waals surface area (Å²) in [6, 6.07) is 8.05. The summed E-state index contributed by atoms with van der Waals surface area (Å²) in [5.41, 5.74) is 1.39. The third-order valence-electron chi connectivity index (χ3n) is 5.33. The van der Waals surface area contributed by atoms with Crippen molar-refractivity contribution in [3.8, 4) is 5.75 Å². The van der Waals surface area contributed by atoms with Crippen molar-refractivity contribution < 1.29 is 9.90 Å². The van der Waals surface area contributed by atoms with Gasteiger partial charge in [0.25, 0.3) is 11.5 Å². The number of aromatic amines is 1.